The number of unbranched alkanes of at least 4 members (excludes halogenated alkanes) is 1. The molecule has 0 aliphatic heterocycles. The number of hydrogen-bond donors (Lipinski definition) is 2. The smallest absolute Gasteiger partial charge is 0.409 e. The van der Waals surface area contributed by atoms with Crippen molar-refractivity contribution < 1.29 is 28.6 Å². The van der Waals surface area contributed by atoms with Gasteiger partial charge in [0.15, 0.2) is 0 Å². The predicted molar refractivity (Wildman–Crippen MR) is 120 cm³/mol. The van der Waals surface area contributed by atoms with E-state index in [2.05, 4.69) is 10.6 Å². The van der Waals surface area contributed by atoms with Gasteiger partial charge >= 0.3 is 18.3 Å². The number of ether oxygens (including phenoxy) is 3. The minimum Gasteiger partial charge on any atom is -0.449 e. The quantitative estimate of drug-likeness (QED) is 0.291. The molecule has 2 N–H and O–H groups in total. The third-order valence-electron chi connectivity index (χ3n) is 3.89. The summed E-state index contributed by atoms with van der Waals surface area (Å²) in [6.45, 7) is 14.8. The number of nitrogens with one attached hydrogen (secondary N) is 2. The molecule has 0 bridgehead atoms. The topological polar surface area (TPSA) is 106 Å². The number of hydrogen-bond acceptors (Lipinski definition) is 6. The third kappa shape index (κ3) is 18.3. The fraction of sp³-hybridized carbons (Fsp3) is 0.864. The van der Waals surface area contributed by atoms with Crippen molar-refractivity contribution in [2.24, 2.45) is 17.8 Å². The molecule has 0 radical (unpaired) electrons. The summed E-state index contributed by atoms with van der Waals surface area (Å²) in [5.41, 5.74) is 0. The van der Waals surface area contributed by atoms with Crippen LogP contribution >= 0.6 is 0 Å². The van der Waals surface area contributed by atoms with E-state index in [0.29, 0.717) is 71.2 Å². The molecule has 0 aromatic rings. The van der Waals surface area contributed by atoms with E-state index in [1.807, 2.05) is 41.5 Å². The number of rotatable bonds is 15. The van der Waals surface area contributed by atoms with Crippen LogP contribution in [0.25, 0.3) is 0 Å². The number of nitrogens with zero attached hydrogens (tertiary/aromatic N) is 1. The summed E-state index contributed by atoms with van der Waals surface area (Å²) in [5, 5.41) is 5.40. The lowest BCUT2D eigenvalue weighted by Gasteiger charge is -2.23. The van der Waals surface area contributed by atoms with Gasteiger partial charge in [-0.15, -0.1) is 0 Å². The molecule has 182 valence electrons. The molecule has 0 aliphatic carbocycles. The first-order valence-corrected chi connectivity index (χ1v) is 11.3. The maximum atomic E-state index is 12.4. The number of carbonyl (C=O) groups is 3. The SMILES string of the molecule is CC(C)COC(=O)NCCCCN(CCCNC(=O)OCC(C)C)C(=O)OCC(C)C. The fourth-order valence-corrected chi connectivity index (χ4v) is 2.29. The Morgan fingerprint density at radius 1 is 0.645 bits per heavy atom. The van der Waals surface area contributed by atoms with E-state index in [9.17, 15) is 14.4 Å². The third-order valence-corrected chi connectivity index (χ3v) is 3.89. The fourth-order valence-electron chi connectivity index (χ4n) is 2.29. The molecular weight excluding hydrogens is 402 g/mol. The molecule has 0 heterocycles. The summed E-state index contributed by atoms with van der Waals surface area (Å²) >= 11 is 0. The van der Waals surface area contributed by atoms with Crippen molar-refractivity contribution in [2.45, 2.75) is 60.8 Å². The van der Waals surface area contributed by atoms with Gasteiger partial charge in [0.05, 0.1) is 19.8 Å². The van der Waals surface area contributed by atoms with Crippen LogP contribution in [0.2, 0.25) is 0 Å². The van der Waals surface area contributed by atoms with Crippen LogP contribution in [0.5, 0.6) is 0 Å². The Morgan fingerprint density at radius 3 is 1.55 bits per heavy atom. The normalized spacial score (nSPS) is 10.9. The maximum Gasteiger partial charge on any atom is 0.409 e. The van der Waals surface area contributed by atoms with Gasteiger partial charge in [-0.3, -0.25) is 0 Å². The first-order chi connectivity index (χ1) is 14.6. The highest BCUT2D eigenvalue weighted by molar-refractivity contribution is 5.68. The van der Waals surface area contributed by atoms with Gasteiger partial charge in [0, 0.05) is 26.2 Å². The van der Waals surface area contributed by atoms with E-state index in [1.54, 1.807) is 4.90 Å². The molecule has 3 amide bonds. The van der Waals surface area contributed by atoms with Gasteiger partial charge in [0.1, 0.15) is 0 Å². The standard InChI is InChI=1S/C22H43N3O6/c1-17(2)14-29-20(26)23-10-7-8-12-25(22(28)31-16-19(5)6)13-9-11-24-21(27)30-15-18(3)4/h17-19H,7-16H2,1-6H3,(H,23,26)(H,24,27). The Balaban J connectivity index is 4.25. The highest BCUT2D eigenvalue weighted by Crippen LogP contribution is 2.03. The van der Waals surface area contributed by atoms with Crippen molar-refractivity contribution in [3.63, 3.8) is 0 Å². The molecular formula is C22H43N3O6. The van der Waals surface area contributed by atoms with Crippen LogP contribution in [0.3, 0.4) is 0 Å². The lowest BCUT2D eigenvalue weighted by molar-refractivity contribution is 0.0906. The van der Waals surface area contributed by atoms with Crippen LogP contribution in [0.1, 0.15) is 60.8 Å². The molecule has 0 fully saturated rings. The first kappa shape index (κ1) is 28.8. The summed E-state index contributed by atoms with van der Waals surface area (Å²) in [7, 11) is 0. The van der Waals surface area contributed by atoms with Crippen molar-refractivity contribution >= 4 is 18.3 Å². The second-order valence-corrected chi connectivity index (χ2v) is 8.86. The van der Waals surface area contributed by atoms with Gasteiger partial charge in [0.25, 0.3) is 0 Å². The molecule has 0 aromatic heterocycles. The van der Waals surface area contributed by atoms with Gasteiger partial charge in [-0.05, 0) is 37.0 Å². The van der Waals surface area contributed by atoms with Crippen molar-refractivity contribution in [3.8, 4) is 0 Å². The summed E-state index contributed by atoms with van der Waals surface area (Å²) in [6.07, 6.45) is 0.791. The summed E-state index contributed by atoms with van der Waals surface area (Å²) in [6, 6.07) is 0. The van der Waals surface area contributed by atoms with E-state index in [4.69, 9.17) is 14.2 Å². The molecule has 0 saturated heterocycles. The molecule has 0 spiro atoms. The summed E-state index contributed by atoms with van der Waals surface area (Å²) in [4.78, 5) is 37.2. The largest absolute Gasteiger partial charge is 0.449 e. The lowest BCUT2D eigenvalue weighted by atomic mass is 10.2. The van der Waals surface area contributed by atoms with Crippen LogP contribution in [0.4, 0.5) is 14.4 Å². The van der Waals surface area contributed by atoms with Crippen LogP contribution in [0, 0.1) is 17.8 Å². The maximum absolute atomic E-state index is 12.4. The van der Waals surface area contributed by atoms with Crippen molar-refractivity contribution in [1.82, 2.24) is 15.5 Å². The average molecular weight is 446 g/mol. The van der Waals surface area contributed by atoms with Crippen LogP contribution in [-0.2, 0) is 14.2 Å². The predicted octanol–water partition coefficient (Wildman–Crippen LogP) is 4.02. The zero-order valence-electron chi connectivity index (χ0n) is 20.2. The van der Waals surface area contributed by atoms with E-state index in [1.165, 1.54) is 0 Å². The van der Waals surface area contributed by atoms with Gasteiger partial charge in [0.2, 0.25) is 0 Å². The zero-order valence-corrected chi connectivity index (χ0v) is 20.2. The Bertz CT molecular complexity index is 511. The van der Waals surface area contributed by atoms with Crippen LogP contribution in [0.15, 0.2) is 0 Å². The van der Waals surface area contributed by atoms with Crippen molar-refractivity contribution in [1.29, 1.82) is 0 Å². The van der Waals surface area contributed by atoms with Gasteiger partial charge in [-0.1, -0.05) is 41.5 Å². The zero-order chi connectivity index (χ0) is 23.6. The monoisotopic (exact) mass is 445 g/mol. The minimum absolute atomic E-state index is 0.254. The molecule has 0 aromatic carbocycles. The second-order valence-electron chi connectivity index (χ2n) is 8.86. The van der Waals surface area contributed by atoms with Gasteiger partial charge in [-0.2, -0.15) is 0 Å². The molecule has 0 rings (SSSR count). The molecule has 0 saturated carbocycles. The van der Waals surface area contributed by atoms with Gasteiger partial charge in [-0.25, -0.2) is 14.4 Å². The second kappa shape index (κ2) is 17.5. The Morgan fingerprint density at radius 2 is 1.06 bits per heavy atom. The number of carbonyl (C=O) groups excluding carboxylic acids is 3. The molecule has 0 aliphatic rings. The molecule has 9 nitrogen and oxygen atoms in total. The van der Waals surface area contributed by atoms with E-state index < -0.39 is 12.2 Å². The summed E-state index contributed by atoms with van der Waals surface area (Å²) in [5.74, 6) is 0.829. The Kier molecular flexibility index (Phi) is 16.3. The highest BCUT2D eigenvalue weighted by Gasteiger charge is 2.15. The lowest BCUT2D eigenvalue weighted by Crippen LogP contribution is -2.36. The molecule has 31 heavy (non-hydrogen) atoms. The van der Waals surface area contributed by atoms with E-state index in [-0.39, 0.29) is 17.9 Å². The van der Waals surface area contributed by atoms with Crippen molar-refractivity contribution in [2.75, 3.05) is 46.0 Å². The first-order valence-electron chi connectivity index (χ1n) is 11.3. The van der Waals surface area contributed by atoms with E-state index in [0.717, 1.165) is 0 Å². The number of alkyl carbamates (subject to hydrolysis) is 2. The van der Waals surface area contributed by atoms with E-state index >= 15 is 0 Å². The van der Waals surface area contributed by atoms with Crippen LogP contribution in [-0.4, -0.2) is 69.2 Å². The van der Waals surface area contributed by atoms with Crippen LogP contribution < -0.4 is 10.6 Å². The summed E-state index contributed by atoms with van der Waals surface area (Å²) < 4.78 is 15.5. The molecule has 9 heteroatoms. The Hall–Kier alpha value is -2.19. The molecule has 0 unspecified atom stereocenters. The minimum atomic E-state index is -0.446. The van der Waals surface area contributed by atoms with Crippen molar-refractivity contribution in [3.05, 3.63) is 0 Å². The number of amides is 3. The highest BCUT2D eigenvalue weighted by atomic mass is 16.6. The Labute approximate surface area is 187 Å². The molecule has 0 atom stereocenters. The average Bonchev–Trinajstić information content (AvgIpc) is 2.69. The van der Waals surface area contributed by atoms with Gasteiger partial charge < -0.3 is 29.7 Å².